The molecule has 31 heavy (non-hydrogen) atoms. The normalized spacial score (nSPS) is 17.6. The van der Waals surface area contributed by atoms with Gasteiger partial charge in [0.25, 0.3) is 0 Å². The maximum Gasteiger partial charge on any atom is 0.164 e. The van der Waals surface area contributed by atoms with Crippen LogP contribution in [0.5, 0.6) is 0 Å². The summed E-state index contributed by atoms with van der Waals surface area (Å²) in [5.41, 5.74) is 7.11. The second kappa shape index (κ2) is 8.26. The molecule has 2 fully saturated rings. The minimum atomic E-state index is 0.238. The molecule has 2 heterocycles. The summed E-state index contributed by atoms with van der Waals surface area (Å²) in [5, 5.41) is 1.38. The Morgan fingerprint density at radius 2 is 1.97 bits per heavy atom. The number of aromatic nitrogens is 2. The van der Waals surface area contributed by atoms with Gasteiger partial charge < -0.3 is 4.57 Å². The molecular weight excluding hydrogens is 380 g/mol. The van der Waals surface area contributed by atoms with E-state index < -0.39 is 0 Å². The molecule has 3 aromatic rings. The molecule has 3 heteroatoms. The summed E-state index contributed by atoms with van der Waals surface area (Å²) in [6, 6.07) is 11.5. The molecule has 5 rings (SSSR count). The quantitative estimate of drug-likeness (QED) is 0.362. The lowest BCUT2D eigenvalue weighted by atomic mass is 9.92. The maximum absolute atomic E-state index is 12.8. The Labute approximate surface area is 185 Å². The fourth-order valence-corrected chi connectivity index (χ4v) is 5.24. The van der Waals surface area contributed by atoms with Crippen LogP contribution in [0.4, 0.5) is 0 Å². The molecule has 2 aromatic heterocycles. The molecule has 1 unspecified atom stereocenters. The molecule has 0 aliphatic heterocycles. The molecule has 0 N–H and O–H groups in total. The van der Waals surface area contributed by atoms with Crippen LogP contribution in [0.2, 0.25) is 0 Å². The average molecular weight is 415 g/mol. The largest absolute Gasteiger partial charge is 0.336 e. The predicted octanol–water partition coefficient (Wildman–Crippen LogP) is 7.31. The lowest BCUT2D eigenvalue weighted by Crippen LogP contribution is -2.18. The smallest absolute Gasteiger partial charge is 0.164 e. The zero-order valence-electron chi connectivity index (χ0n) is 19.2. The summed E-state index contributed by atoms with van der Waals surface area (Å²) in [4.78, 5) is 17.6. The summed E-state index contributed by atoms with van der Waals surface area (Å²) < 4.78 is 2.56. The third-order valence-corrected chi connectivity index (χ3v) is 7.47. The number of carbonyl (C=O) groups is 1. The number of carbonyl (C=O) groups excluding carboxylic acids is 1. The molecule has 0 bridgehead atoms. The Balaban J connectivity index is 1.55. The highest BCUT2D eigenvalue weighted by Gasteiger charge is 2.30. The number of Topliss-reactive ketones (excluding diaryl/α,β-unsaturated/α-hetero) is 1. The second-order valence-corrected chi connectivity index (χ2v) is 9.93. The fourth-order valence-electron chi connectivity index (χ4n) is 5.24. The SMILES string of the molecule is CCCc1c(-c2ccc(C(=O)CC(C)C3CC3)cn2)n(C2CCC2)c2ccc(C)cc12. The van der Waals surface area contributed by atoms with Crippen LogP contribution in [0.15, 0.2) is 36.5 Å². The molecule has 2 aliphatic carbocycles. The number of hydrogen-bond acceptors (Lipinski definition) is 2. The minimum Gasteiger partial charge on any atom is -0.336 e. The van der Waals surface area contributed by atoms with Crippen LogP contribution in [0.3, 0.4) is 0 Å². The zero-order chi connectivity index (χ0) is 21.5. The molecular formula is C28H34N2O. The van der Waals surface area contributed by atoms with E-state index in [2.05, 4.69) is 49.6 Å². The fraction of sp³-hybridized carbons (Fsp3) is 0.500. The molecule has 1 atom stereocenters. The van der Waals surface area contributed by atoms with Gasteiger partial charge in [-0.25, -0.2) is 0 Å². The first-order valence-electron chi connectivity index (χ1n) is 12.2. The molecule has 0 spiro atoms. The van der Waals surface area contributed by atoms with Gasteiger partial charge in [0.2, 0.25) is 0 Å². The number of fused-ring (bicyclic) bond motifs is 1. The van der Waals surface area contributed by atoms with E-state index in [1.54, 1.807) is 0 Å². The summed E-state index contributed by atoms with van der Waals surface area (Å²) >= 11 is 0. The van der Waals surface area contributed by atoms with E-state index in [4.69, 9.17) is 4.98 Å². The van der Waals surface area contributed by atoms with Crippen molar-refractivity contribution in [2.45, 2.75) is 78.2 Å². The van der Waals surface area contributed by atoms with Crippen LogP contribution in [0.25, 0.3) is 22.3 Å². The first kappa shape index (κ1) is 20.5. The van der Waals surface area contributed by atoms with E-state index in [1.165, 1.54) is 59.8 Å². The topological polar surface area (TPSA) is 34.9 Å². The molecule has 1 aromatic carbocycles. The minimum absolute atomic E-state index is 0.238. The molecule has 0 radical (unpaired) electrons. The van der Waals surface area contributed by atoms with Crippen molar-refractivity contribution in [2.24, 2.45) is 11.8 Å². The van der Waals surface area contributed by atoms with E-state index >= 15 is 0 Å². The number of aryl methyl sites for hydroxylation is 2. The van der Waals surface area contributed by atoms with Crippen LogP contribution < -0.4 is 0 Å². The van der Waals surface area contributed by atoms with Crippen molar-refractivity contribution < 1.29 is 4.79 Å². The molecule has 2 saturated carbocycles. The van der Waals surface area contributed by atoms with E-state index in [1.807, 2.05) is 12.3 Å². The second-order valence-electron chi connectivity index (χ2n) is 9.93. The van der Waals surface area contributed by atoms with Crippen LogP contribution in [-0.4, -0.2) is 15.3 Å². The maximum atomic E-state index is 12.8. The zero-order valence-corrected chi connectivity index (χ0v) is 19.2. The average Bonchev–Trinajstić information content (AvgIpc) is 3.53. The van der Waals surface area contributed by atoms with Gasteiger partial charge in [-0.3, -0.25) is 9.78 Å². The van der Waals surface area contributed by atoms with Gasteiger partial charge in [0, 0.05) is 35.1 Å². The van der Waals surface area contributed by atoms with Crippen LogP contribution in [-0.2, 0) is 6.42 Å². The summed E-state index contributed by atoms with van der Waals surface area (Å²) in [6.07, 6.45) is 11.0. The third kappa shape index (κ3) is 3.84. The van der Waals surface area contributed by atoms with Gasteiger partial charge in [0.05, 0.1) is 11.4 Å². The highest BCUT2D eigenvalue weighted by Crippen LogP contribution is 2.43. The highest BCUT2D eigenvalue weighted by molar-refractivity contribution is 5.96. The standard InChI is InChI=1S/C28H34N2O/c1-4-6-23-24-15-18(2)9-14-26(24)30(22-7-5-8-22)28(23)25-13-12-21(17-29-25)27(31)16-19(3)20-10-11-20/h9,12-15,17,19-20,22H,4-8,10-11,16H2,1-3H3. The van der Waals surface area contributed by atoms with Crippen molar-refractivity contribution in [3.05, 3.63) is 53.2 Å². The lowest BCUT2D eigenvalue weighted by molar-refractivity contribution is 0.0959. The Morgan fingerprint density at radius 3 is 2.58 bits per heavy atom. The van der Waals surface area contributed by atoms with E-state index in [9.17, 15) is 4.79 Å². The molecule has 0 amide bonds. The van der Waals surface area contributed by atoms with Crippen LogP contribution in [0.1, 0.15) is 86.3 Å². The van der Waals surface area contributed by atoms with E-state index in [0.717, 1.165) is 30.0 Å². The van der Waals surface area contributed by atoms with Crippen LogP contribution >= 0.6 is 0 Å². The van der Waals surface area contributed by atoms with Crippen molar-refractivity contribution >= 4 is 16.7 Å². The van der Waals surface area contributed by atoms with Crippen molar-refractivity contribution in [3.63, 3.8) is 0 Å². The molecule has 3 nitrogen and oxygen atoms in total. The van der Waals surface area contributed by atoms with Gasteiger partial charge in [0.1, 0.15) is 0 Å². The van der Waals surface area contributed by atoms with Crippen molar-refractivity contribution in [1.82, 2.24) is 9.55 Å². The van der Waals surface area contributed by atoms with Gasteiger partial charge in [-0.15, -0.1) is 0 Å². The summed E-state index contributed by atoms with van der Waals surface area (Å²) in [6.45, 7) is 6.65. The van der Waals surface area contributed by atoms with Gasteiger partial charge in [-0.2, -0.15) is 0 Å². The first-order chi connectivity index (χ1) is 15.1. The Bertz CT molecular complexity index is 1100. The van der Waals surface area contributed by atoms with Crippen molar-refractivity contribution in [3.8, 4) is 11.4 Å². The molecule has 2 aliphatic rings. The van der Waals surface area contributed by atoms with Gasteiger partial charge >= 0.3 is 0 Å². The van der Waals surface area contributed by atoms with Gasteiger partial charge in [0.15, 0.2) is 5.78 Å². The Kier molecular flexibility index (Phi) is 5.45. The van der Waals surface area contributed by atoms with Crippen molar-refractivity contribution in [1.29, 1.82) is 0 Å². The van der Waals surface area contributed by atoms with Gasteiger partial charge in [-0.05, 0) is 87.1 Å². The van der Waals surface area contributed by atoms with E-state index in [-0.39, 0.29) is 5.78 Å². The molecule has 0 saturated heterocycles. The molecule has 162 valence electrons. The highest BCUT2D eigenvalue weighted by atomic mass is 16.1. The predicted molar refractivity (Wildman–Crippen MR) is 128 cm³/mol. The first-order valence-corrected chi connectivity index (χ1v) is 12.2. The van der Waals surface area contributed by atoms with Gasteiger partial charge in [-0.1, -0.05) is 31.9 Å². The summed E-state index contributed by atoms with van der Waals surface area (Å²) in [7, 11) is 0. The van der Waals surface area contributed by atoms with Crippen LogP contribution in [0, 0.1) is 18.8 Å². The van der Waals surface area contributed by atoms with Crippen molar-refractivity contribution in [2.75, 3.05) is 0 Å². The Hall–Kier alpha value is -2.42. The number of benzene rings is 1. The monoisotopic (exact) mass is 414 g/mol. The lowest BCUT2D eigenvalue weighted by Gasteiger charge is -2.30. The Morgan fingerprint density at radius 1 is 1.16 bits per heavy atom. The number of nitrogens with zero attached hydrogens (tertiary/aromatic N) is 2. The van der Waals surface area contributed by atoms with E-state index in [0.29, 0.717) is 18.4 Å². The third-order valence-electron chi connectivity index (χ3n) is 7.47. The summed E-state index contributed by atoms with van der Waals surface area (Å²) in [5.74, 6) is 1.49. The number of ketones is 1. The number of rotatable bonds is 8. The number of pyridine rings is 1. The number of hydrogen-bond donors (Lipinski definition) is 0.